The Hall–Kier alpha value is -2.95. The van der Waals surface area contributed by atoms with Gasteiger partial charge in [0, 0.05) is 23.4 Å². The van der Waals surface area contributed by atoms with Crippen molar-refractivity contribution >= 4 is 16.9 Å². The van der Waals surface area contributed by atoms with E-state index in [-0.39, 0.29) is 11.9 Å². The van der Waals surface area contributed by atoms with E-state index in [1.54, 1.807) is 13.2 Å². The Balaban J connectivity index is 1.64. The van der Waals surface area contributed by atoms with E-state index in [4.69, 9.17) is 13.9 Å². The molecule has 1 aliphatic heterocycles. The Morgan fingerprint density at radius 2 is 2.00 bits per heavy atom. The highest BCUT2D eigenvalue weighted by molar-refractivity contribution is 5.96. The molecule has 2 heterocycles. The number of carbonyl (C=O) groups excluding carboxylic acids is 1. The number of ether oxygens (including phenoxy) is 2. The molecule has 26 heavy (non-hydrogen) atoms. The second-order valence-corrected chi connectivity index (χ2v) is 7.14. The highest BCUT2D eigenvalue weighted by atomic mass is 16.5. The summed E-state index contributed by atoms with van der Waals surface area (Å²) in [6.07, 6.45) is 0.665. The first-order chi connectivity index (χ1) is 12.4. The quantitative estimate of drug-likeness (QED) is 0.756. The number of nitrogens with one attached hydrogen (secondary N) is 1. The molecule has 1 N–H and O–H groups in total. The largest absolute Gasteiger partial charge is 0.497 e. The molecule has 0 saturated heterocycles. The normalized spacial score (nSPS) is 18.0. The van der Waals surface area contributed by atoms with Crippen LogP contribution < -0.4 is 14.8 Å². The van der Waals surface area contributed by atoms with Crippen LogP contribution in [0.4, 0.5) is 0 Å². The number of fused-ring (bicyclic) bond motifs is 2. The molecular formula is C21H21NO4. The van der Waals surface area contributed by atoms with Gasteiger partial charge < -0.3 is 19.2 Å². The van der Waals surface area contributed by atoms with Crippen LogP contribution in [0.3, 0.4) is 0 Å². The molecule has 4 rings (SSSR count). The molecule has 0 radical (unpaired) electrons. The van der Waals surface area contributed by atoms with E-state index < -0.39 is 5.60 Å². The number of hydrogen-bond acceptors (Lipinski definition) is 4. The first-order valence-corrected chi connectivity index (χ1v) is 8.61. The zero-order valence-electron chi connectivity index (χ0n) is 15.0. The van der Waals surface area contributed by atoms with Gasteiger partial charge in [-0.15, -0.1) is 0 Å². The van der Waals surface area contributed by atoms with Gasteiger partial charge in [0.15, 0.2) is 5.76 Å². The van der Waals surface area contributed by atoms with Crippen molar-refractivity contribution in [3.8, 4) is 11.5 Å². The summed E-state index contributed by atoms with van der Waals surface area (Å²) in [5.41, 5.74) is 1.25. The molecule has 0 bridgehead atoms. The number of hydrogen-bond donors (Lipinski definition) is 1. The number of para-hydroxylation sites is 1. The molecular weight excluding hydrogens is 330 g/mol. The van der Waals surface area contributed by atoms with Crippen molar-refractivity contribution in [2.75, 3.05) is 7.11 Å². The average molecular weight is 351 g/mol. The van der Waals surface area contributed by atoms with Gasteiger partial charge in [-0.25, -0.2) is 0 Å². The van der Waals surface area contributed by atoms with E-state index in [1.807, 2.05) is 56.3 Å². The van der Waals surface area contributed by atoms with Crippen molar-refractivity contribution in [1.29, 1.82) is 0 Å². The van der Waals surface area contributed by atoms with E-state index >= 15 is 0 Å². The molecule has 3 aromatic rings. The Morgan fingerprint density at radius 1 is 1.19 bits per heavy atom. The topological polar surface area (TPSA) is 60.7 Å². The number of furan rings is 1. The predicted octanol–water partition coefficient (Wildman–Crippen LogP) is 4.47. The minimum atomic E-state index is -0.398. The van der Waals surface area contributed by atoms with Crippen LogP contribution >= 0.6 is 0 Å². The zero-order valence-corrected chi connectivity index (χ0v) is 15.0. The summed E-state index contributed by atoms with van der Waals surface area (Å²) in [4.78, 5) is 12.8. The second kappa shape index (κ2) is 6.09. The highest BCUT2D eigenvalue weighted by Crippen LogP contribution is 2.41. The van der Waals surface area contributed by atoms with Gasteiger partial charge in [0.25, 0.3) is 5.91 Å². The third-order valence-electron chi connectivity index (χ3n) is 4.63. The summed E-state index contributed by atoms with van der Waals surface area (Å²) in [7, 11) is 1.62. The van der Waals surface area contributed by atoms with Gasteiger partial charge in [0.2, 0.25) is 0 Å². The molecule has 5 heteroatoms. The number of benzene rings is 2. The third kappa shape index (κ3) is 3.01. The maximum Gasteiger partial charge on any atom is 0.287 e. The second-order valence-electron chi connectivity index (χ2n) is 7.14. The van der Waals surface area contributed by atoms with Gasteiger partial charge in [-0.2, -0.15) is 0 Å². The van der Waals surface area contributed by atoms with Crippen molar-refractivity contribution in [1.82, 2.24) is 5.32 Å². The molecule has 0 spiro atoms. The van der Waals surface area contributed by atoms with Gasteiger partial charge >= 0.3 is 0 Å². The molecule has 1 aromatic heterocycles. The molecule has 0 saturated carbocycles. The molecule has 1 atom stereocenters. The van der Waals surface area contributed by atoms with Gasteiger partial charge in [-0.05, 0) is 38.1 Å². The summed E-state index contributed by atoms with van der Waals surface area (Å²) in [6, 6.07) is 14.9. The monoisotopic (exact) mass is 351 g/mol. The van der Waals surface area contributed by atoms with Crippen LogP contribution in [0.1, 0.15) is 42.4 Å². The van der Waals surface area contributed by atoms with Crippen molar-refractivity contribution in [2.45, 2.75) is 31.9 Å². The zero-order chi connectivity index (χ0) is 18.3. The number of amides is 1. The molecule has 134 valence electrons. The van der Waals surface area contributed by atoms with Crippen LogP contribution in [-0.2, 0) is 0 Å². The Bertz CT molecular complexity index is 940. The van der Waals surface area contributed by atoms with Gasteiger partial charge in [0.1, 0.15) is 22.7 Å². The van der Waals surface area contributed by atoms with Crippen LogP contribution in [0.15, 0.2) is 52.9 Å². The van der Waals surface area contributed by atoms with Crippen LogP contribution in [0.2, 0.25) is 0 Å². The fourth-order valence-corrected chi connectivity index (χ4v) is 3.41. The minimum Gasteiger partial charge on any atom is -0.497 e. The molecule has 0 fully saturated rings. The van der Waals surface area contributed by atoms with Crippen LogP contribution in [0.5, 0.6) is 11.5 Å². The van der Waals surface area contributed by atoms with Gasteiger partial charge in [-0.3, -0.25) is 4.79 Å². The van der Waals surface area contributed by atoms with Crippen LogP contribution in [-0.4, -0.2) is 18.6 Å². The van der Waals surface area contributed by atoms with Gasteiger partial charge in [0.05, 0.1) is 13.2 Å². The van der Waals surface area contributed by atoms with Crippen molar-refractivity contribution in [3.05, 3.63) is 59.9 Å². The summed E-state index contributed by atoms with van der Waals surface area (Å²) >= 11 is 0. The Labute approximate surface area is 151 Å². The van der Waals surface area contributed by atoms with E-state index in [1.165, 1.54) is 0 Å². The third-order valence-corrected chi connectivity index (χ3v) is 4.63. The van der Waals surface area contributed by atoms with Crippen molar-refractivity contribution in [3.63, 3.8) is 0 Å². The maximum atomic E-state index is 12.8. The lowest BCUT2D eigenvalue weighted by atomic mass is 9.89. The highest BCUT2D eigenvalue weighted by Gasteiger charge is 2.35. The van der Waals surface area contributed by atoms with E-state index in [2.05, 4.69) is 5.32 Å². The molecule has 2 aromatic carbocycles. The predicted molar refractivity (Wildman–Crippen MR) is 98.7 cm³/mol. The summed E-state index contributed by atoms with van der Waals surface area (Å²) in [5, 5.41) is 4.00. The molecule has 0 unspecified atom stereocenters. The summed E-state index contributed by atoms with van der Waals surface area (Å²) < 4.78 is 17.0. The molecule has 1 amide bonds. The standard InChI is InChI=1S/C21H21NO4/c1-21(2)12-16(15-9-8-14(24-3)11-18(15)26-21)22-20(23)19-10-13-6-4-5-7-17(13)25-19/h4-11,16H,12H2,1-3H3,(H,22,23)/t16-/m0/s1. The lowest BCUT2D eigenvalue weighted by molar-refractivity contribution is 0.0609. The van der Waals surface area contributed by atoms with Gasteiger partial charge in [-0.1, -0.05) is 18.2 Å². The smallest absolute Gasteiger partial charge is 0.287 e. The fraction of sp³-hybridized carbons (Fsp3) is 0.286. The van der Waals surface area contributed by atoms with E-state index in [0.717, 1.165) is 22.4 Å². The summed E-state index contributed by atoms with van der Waals surface area (Å²) in [6.45, 7) is 4.02. The Kier molecular flexibility index (Phi) is 3.87. The number of carbonyl (C=O) groups is 1. The minimum absolute atomic E-state index is 0.166. The number of rotatable bonds is 3. The molecule has 0 aliphatic carbocycles. The number of methoxy groups -OCH3 is 1. The maximum absolute atomic E-state index is 12.8. The fourth-order valence-electron chi connectivity index (χ4n) is 3.41. The van der Waals surface area contributed by atoms with Crippen LogP contribution in [0.25, 0.3) is 11.0 Å². The van der Waals surface area contributed by atoms with Crippen LogP contribution in [0, 0.1) is 0 Å². The lowest BCUT2D eigenvalue weighted by Gasteiger charge is -2.37. The SMILES string of the molecule is COc1ccc2c(c1)OC(C)(C)C[C@@H]2NC(=O)c1cc2ccccc2o1. The summed E-state index contributed by atoms with van der Waals surface area (Å²) in [5.74, 6) is 1.54. The van der Waals surface area contributed by atoms with E-state index in [9.17, 15) is 4.79 Å². The Morgan fingerprint density at radius 3 is 2.77 bits per heavy atom. The lowest BCUT2D eigenvalue weighted by Crippen LogP contribution is -2.41. The molecule has 5 nitrogen and oxygen atoms in total. The average Bonchev–Trinajstić information content (AvgIpc) is 3.04. The van der Waals surface area contributed by atoms with Crippen molar-refractivity contribution < 1.29 is 18.7 Å². The first-order valence-electron chi connectivity index (χ1n) is 8.61. The first kappa shape index (κ1) is 16.5. The molecule has 1 aliphatic rings. The van der Waals surface area contributed by atoms with Crippen molar-refractivity contribution in [2.24, 2.45) is 0 Å². The van der Waals surface area contributed by atoms with E-state index in [0.29, 0.717) is 17.8 Å².